The number of thiol groups is 1. The van der Waals surface area contributed by atoms with Crippen LogP contribution in [0.25, 0.3) is 21.5 Å². The zero-order chi connectivity index (χ0) is 20.9. The lowest BCUT2D eigenvalue weighted by Gasteiger charge is -2.15. The molecule has 0 radical (unpaired) electrons. The maximum absolute atomic E-state index is 4.62. The highest BCUT2D eigenvalue weighted by molar-refractivity contribution is 7.80. The van der Waals surface area contributed by atoms with Crippen LogP contribution in [-0.4, -0.2) is 26.2 Å². The summed E-state index contributed by atoms with van der Waals surface area (Å²) in [6.07, 6.45) is 0. The SMILES string of the molecule is Cc1ccc2cccc(C)c2c1NCCNCCNc1cccc2cccc(S)c12. The van der Waals surface area contributed by atoms with Crippen LogP contribution in [0.1, 0.15) is 11.1 Å². The van der Waals surface area contributed by atoms with Crippen molar-refractivity contribution in [1.82, 2.24) is 5.32 Å². The third-order valence-corrected chi connectivity index (χ3v) is 5.94. The van der Waals surface area contributed by atoms with Crippen LogP contribution in [-0.2, 0) is 0 Å². The normalized spacial score (nSPS) is 11.2. The second-order valence-corrected chi connectivity index (χ2v) is 8.20. The number of anilines is 2. The first kappa shape index (κ1) is 20.6. The number of benzene rings is 4. The average molecular weight is 416 g/mol. The van der Waals surface area contributed by atoms with E-state index in [4.69, 9.17) is 0 Å². The summed E-state index contributed by atoms with van der Waals surface area (Å²) in [6, 6.07) is 23.4. The van der Waals surface area contributed by atoms with Gasteiger partial charge in [0.05, 0.1) is 0 Å². The molecule has 30 heavy (non-hydrogen) atoms. The van der Waals surface area contributed by atoms with Gasteiger partial charge in [-0.25, -0.2) is 0 Å². The molecule has 0 aliphatic heterocycles. The maximum Gasteiger partial charge on any atom is 0.0452 e. The van der Waals surface area contributed by atoms with Crippen molar-refractivity contribution in [3.8, 4) is 0 Å². The van der Waals surface area contributed by atoms with E-state index < -0.39 is 0 Å². The molecule has 0 saturated heterocycles. The van der Waals surface area contributed by atoms with Gasteiger partial charge in [-0.05, 0) is 47.9 Å². The van der Waals surface area contributed by atoms with E-state index in [0.717, 1.165) is 36.8 Å². The van der Waals surface area contributed by atoms with Gasteiger partial charge < -0.3 is 16.0 Å². The van der Waals surface area contributed by atoms with Gasteiger partial charge in [0, 0.05) is 53.2 Å². The van der Waals surface area contributed by atoms with Gasteiger partial charge in [0.25, 0.3) is 0 Å². The molecule has 4 aromatic carbocycles. The van der Waals surface area contributed by atoms with E-state index in [9.17, 15) is 0 Å². The Kier molecular flexibility index (Phi) is 6.46. The molecule has 3 nitrogen and oxygen atoms in total. The van der Waals surface area contributed by atoms with E-state index in [1.165, 1.54) is 38.4 Å². The molecule has 0 bridgehead atoms. The number of rotatable bonds is 8. The topological polar surface area (TPSA) is 36.1 Å². The number of hydrogen-bond donors (Lipinski definition) is 4. The molecule has 4 aromatic rings. The van der Waals surface area contributed by atoms with Crippen molar-refractivity contribution in [1.29, 1.82) is 0 Å². The fourth-order valence-electron chi connectivity index (χ4n) is 4.05. The Morgan fingerprint density at radius 2 is 1.30 bits per heavy atom. The van der Waals surface area contributed by atoms with E-state index in [0.29, 0.717) is 0 Å². The first-order valence-electron chi connectivity index (χ1n) is 10.5. The zero-order valence-corrected chi connectivity index (χ0v) is 18.5. The van der Waals surface area contributed by atoms with Gasteiger partial charge in [-0.15, -0.1) is 12.6 Å². The van der Waals surface area contributed by atoms with Crippen molar-refractivity contribution in [3.05, 3.63) is 77.9 Å². The highest BCUT2D eigenvalue weighted by Crippen LogP contribution is 2.30. The van der Waals surface area contributed by atoms with E-state index in [-0.39, 0.29) is 0 Å². The molecule has 0 aliphatic rings. The molecule has 4 heteroatoms. The number of aryl methyl sites for hydroxylation is 2. The minimum atomic E-state index is 0.869. The molecular formula is C26H29N3S. The average Bonchev–Trinajstić information content (AvgIpc) is 2.75. The van der Waals surface area contributed by atoms with Crippen molar-refractivity contribution in [2.75, 3.05) is 36.8 Å². The van der Waals surface area contributed by atoms with Crippen LogP contribution in [0.5, 0.6) is 0 Å². The van der Waals surface area contributed by atoms with Crippen LogP contribution in [0.15, 0.2) is 71.6 Å². The molecule has 0 saturated carbocycles. The quantitative estimate of drug-likeness (QED) is 0.210. The van der Waals surface area contributed by atoms with Crippen LogP contribution in [0.4, 0.5) is 11.4 Å². The second-order valence-electron chi connectivity index (χ2n) is 7.71. The van der Waals surface area contributed by atoms with Crippen LogP contribution < -0.4 is 16.0 Å². The summed E-state index contributed by atoms with van der Waals surface area (Å²) >= 11 is 4.62. The molecule has 0 unspecified atom stereocenters. The van der Waals surface area contributed by atoms with Gasteiger partial charge in [0.15, 0.2) is 0 Å². The Morgan fingerprint density at radius 1 is 0.633 bits per heavy atom. The molecule has 154 valence electrons. The number of nitrogens with one attached hydrogen (secondary N) is 3. The summed E-state index contributed by atoms with van der Waals surface area (Å²) in [5.41, 5.74) is 4.99. The van der Waals surface area contributed by atoms with Crippen molar-refractivity contribution in [2.24, 2.45) is 0 Å². The van der Waals surface area contributed by atoms with Crippen LogP contribution in [0.2, 0.25) is 0 Å². The van der Waals surface area contributed by atoms with Crippen molar-refractivity contribution in [3.63, 3.8) is 0 Å². The Morgan fingerprint density at radius 3 is 2.10 bits per heavy atom. The predicted molar refractivity (Wildman–Crippen MR) is 134 cm³/mol. The highest BCUT2D eigenvalue weighted by Gasteiger charge is 2.07. The zero-order valence-electron chi connectivity index (χ0n) is 17.6. The van der Waals surface area contributed by atoms with Gasteiger partial charge in [-0.2, -0.15) is 0 Å². The summed E-state index contributed by atoms with van der Waals surface area (Å²) < 4.78 is 0. The van der Waals surface area contributed by atoms with Crippen LogP contribution >= 0.6 is 12.6 Å². The first-order chi connectivity index (χ1) is 14.6. The van der Waals surface area contributed by atoms with Gasteiger partial charge in [-0.3, -0.25) is 0 Å². The lowest BCUT2D eigenvalue weighted by atomic mass is 10.0. The number of hydrogen-bond acceptors (Lipinski definition) is 4. The number of fused-ring (bicyclic) bond motifs is 2. The minimum absolute atomic E-state index is 0.869. The molecule has 0 amide bonds. The van der Waals surface area contributed by atoms with Gasteiger partial charge in [0.1, 0.15) is 0 Å². The fourth-order valence-corrected chi connectivity index (χ4v) is 4.38. The lowest BCUT2D eigenvalue weighted by Crippen LogP contribution is -2.27. The fraction of sp³-hybridized carbons (Fsp3) is 0.231. The van der Waals surface area contributed by atoms with Crippen LogP contribution in [0, 0.1) is 13.8 Å². The van der Waals surface area contributed by atoms with E-state index in [2.05, 4.69) is 97.0 Å². The molecule has 0 heterocycles. The summed E-state index contributed by atoms with van der Waals surface area (Å²) in [5, 5.41) is 15.7. The molecule has 3 N–H and O–H groups in total. The molecule has 4 rings (SSSR count). The Labute approximate surface area is 184 Å². The lowest BCUT2D eigenvalue weighted by molar-refractivity contribution is 0.719. The monoisotopic (exact) mass is 415 g/mol. The van der Waals surface area contributed by atoms with E-state index >= 15 is 0 Å². The van der Waals surface area contributed by atoms with E-state index in [1.807, 2.05) is 12.1 Å². The highest BCUT2D eigenvalue weighted by atomic mass is 32.1. The van der Waals surface area contributed by atoms with E-state index in [1.54, 1.807) is 0 Å². The maximum atomic E-state index is 4.62. The molecule has 0 fully saturated rings. The molecule has 0 atom stereocenters. The summed E-state index contributed by atoms with van der Waals surface area (Å²) in [6.45, 7) is 7.93. The standard InChI is InChI=1S/C26H29N3S/c1-18-6-3-7-21-13-12-19(2)26(24(18)21)29-17-15-27-14-16-28-22-10-4-8-20-9-5-11-23(30)25(20)22/h3-13,27-30H,14-17H2,1-2H3. The molecule has 0 spiro atoms. The molecule has 0 aliphatic carbocycles. The Bertz CT molecular complexity index is 1160. The summed E-state index contributed by atoms with van der Waals surface area (Å²) in [7, 11) is 0. The summed E-state index contributed by atoms with van der Waals surface area (Å²) in [5.74, 6) is 0. The smallest absolute Gasteiger partial charge is 0.0452 e. The molecule has 0 aromatic heterocycles. The largest absolute Gasteiger partial charge is 0.383 e. The Balaban J connectivity index is 1.28. The van der Waals surface area contributed by atoms with Gasteiger partial charge >= 0.3 is 0 Å². The third-order valence-electron chi connectivity index (χ3n) is 5.57. The van der Waals surface area contributed by atoms with Crippen molar-refractivity contribution in [2.45, 2.75) is 18.7 Å². The summed E-state index contributed by atoms with van der Waals surface area (Å²) in [4.78, 5) is 1.01. The first-order valence-corrected chi connectivity index (χ1v) is 11.0. The van der Waals surface area contributed by atoms with Crippen LogP contribution in [0.3, 0.4) is 0 Å². The third kappa shape index (κ3) is 4.40. The van der Waals surface area contributed by atoms with Crippen molar-refractivity contribution < 1.29 is 0 Å². The molecular weight excluding hydrogens is 386 g/mol. The van der Waals surface area contributed by atoms with Crippen molar-refractivity contribution >= 4 is 45.5 Å². The second kappa shape index (κ2) is 9.41. The predicted octanol–water partition coefficient (Wildman–Crippen LogP) is 6.01. The Hall–Kier alpha value is -2.69. The van der Waals surface area contributed by atoms with Gasteiger partial charge in [-0.1, -0.05) is 54.6 Å². The van der Waals surface area contributed by atoms with Gasteiger partial charge in [0.2, 0.25) is 0 Å². The minimum Gasteiger partial charge on any atom is -0.383 e.